The van der Waals surface area contributed by atoms with E-state index in [1.807, 2.05) is 30.3 Å². The molecule has 1 aromatic carbocycles. The fourth-order valence-corrected chi connectivity index (χ4v) is 1.59. The van der Waals surface area contributed by atoms with Crippen molar-refractivity contribution in [3.05, 3.63) is 30.3 Å². The molecule has 0 aliphatic carbocycles. The van der Waals surface area contributed by atoms with Crippen LogP contribution in [0.25, 0.3) is 0 Å². The van der Waals surface area contributed by atoms with Gasteiger partial charge in [-0.15, -0.1) is 0 Å². The number of thiocarbonyl (C=S) groups is 1. The highest BCUT2D eigenvalue weighted by atomic mass is 32.1. The fourth-order valence-electron chi connectivity index (χ4n) is 1.37. The first-order valence-corrected chi connectivity index (χ1v) is 5.62. The molecule has 3 heteroatoms. The molecule has 0 amide bonds. The molecule has 0 aliphatic rings. The summed E-state index contributed by atoms with van der Waals surface area (Å²) in [6.07, 6.45) is 0.915. The van der Waals surface area contributed by atoms with Crippen LogP contribution in [0.2, 0.25) is 0 Å². The van der Waals surface area contributed by atoms with Gasteiger partial charge in [-0.2, -0.15) is 0 Å². The smallest absolute Gasteiger partial charge is 0.0967 e. The summed E-state index contributed by atoms with van der Waals surface area (Å²) < 4.78 is 0. The average Bonchev–Trinajstić information content (AvgIpc) is 2.18. The summed E-state index contributed by atoms with van der Waals surface area (Å²) in [6.45, 7) is 4.29. The van der Waals surface area contributed by atoms with E-state index in [0.29, 0.717) is 5.92 Å². The number of benzene rings is 1. The maximum atomic E-state index is 5.96. The van der Waals surface area contributed by atoms with Gasteiger partial charge in [-0.1, -0.05) is 44.3 Å². The Bertz CT molecular complexity index is 309. The first-order chi connectivity index (χ1) is 7.09. The van der Waals surface area contributed by atoms with Gasteiger partial charge in [0.25, 0.3) is 0 Å². The summed E-state index contributed by atoms with van der Waals surface area (Å²) in [5.41, 5.74) is 6.96. The summed E-state index contributed by atoms with van der Waals surface area (Å²) in [4.78, 5) is 0.718. The van der Waals surface area contributed by atoms with Crippen LogP contribution < -0.4 is 11.1 Å². The molecule has 0 fully saturated rings. The third-order valence-electron chi connectivity index (χ3n) is 2.10. The van der Waals surface area contributed by atoms with Gasteiger partial charge >= 0.3 is 0 Å². The molecule has 0 saturated carbocycles. The number of anilines is 1. The molecular formula is C12H18N2S. The van der Waals surface area contributed by atoms with Crippen LogP contribution in [-0.2, 0) is 0 Å². The maximum absolute atomic E-state index is 5.96. The van der Waals surface area contributed by atoms with Crippen LogP contribution in [0.4, 0.5) is 5.69 Å². The zero-order valence-electron chi connectivity index (χ0n) is 9.23. The van der Waals surface area contributed by atoms with Crippen molar-refractivity contribution in [1.82, 2.24) is 0 Å². The zero-order valence-corrected chi connectivity index (χ0v) is 10.1. The van der Waals surface area contributed by atoms with Gasteiger partial charge in [0.1, 0.15) is 0 Å². The molecule has 0 bridgehead atoms. The summed E-state index contributed by atoms with van der Waals surface area (Å²) in [5.74, 6) is 0.565. The Kier molecular flexibility index (Phi) is 4.72. The number of nitrogens with one attached hydrogen (secondary N) is 1. The zero-order chi connectivity index (χ0) is 11.3. The molecule has 82 valence electrons. The minimum atomic E-state index is -0.0554. The van der Waals surface area contributed by atoms with Gasteiger partial charge in [0, 0.05) is 5.69 Å². The van der Waals surface area contributed by atoms with Crippen molar-refractivity contribution < 1.29 is 0 Å². The van der Waals surface area contributed by atoms with Crippen molar-refractivity contribution in [3.63, 3.8) is 0 Å². The Morgan fingerprint density at radius 1 is 1.33 bits per heavy atom. The largest absolute Gasteiger partial charge is 0.349 e. The Labute approximate surface area is 96.9 Å². The third kappa shape index (κ3) is 4.40. The number of nitrogens with two attached hydrogens (primary N) is 1. The molecular weight excluding hydrogens is 204 g/mol. The molecule has 0 aromatic heterocycles. The highest BCUT2D eigenvalue weighted by molar-refractivity contribution is 7.80. The van der Waals surface area contributed by atoms with E-state index in [1.165, 1.54) is 0 Å². The van der Waals surface area contributed by atoms with Crippen molar-refractivity contribution in [2.75, 3.05) is 5.32 Å². The van der Waals surface area contributed by atoms with E-state index >= 15 is 0 Å². The van der Waals surface area contributed by atoms with E-state index in [9.17, 15) is 0 Å². The van der Waals surface area contributed by atoms with Crippen molar-refractivity contribution in [2.45, 2.75) is 26.3 Å². The maximum Gasteiger partial charge on any atom is 0.0967 e. The van der Waals surface area contributed by atoms with Gasteiger partial charge in [0.05, 0.1) is 11.0 Å². The van der Waals surface area contributed by atoms with Crippen LogP contribution in [0.15, 0.2) is 30.3 Å². The van der Waals surface area contributed by atoms with Crippen molar-refractivity contribution >= 4 is 22.9 Å². The van der Waals surface area contributed by atoms with Crippen molar-refractivity contribution in [1.29, 1.82) is 0 Å². The standard InChI is InChI=1S/C12H18N2S/c1-9(2)8-11(13)12(15)14-10-6-4-3-5-7-10/h3-7,9,11H,8,13H2,1-2H3,(H,14,15). The minimum Gasteiger partial charge on any atom is -0.349 e. The molecule has 1 aromatic rings. The summed E-state index contributed by atoms with van der Waals surface area (Å²) in [6, 6.07) is 9.82. The van der Waals surface area contributed by atoms with E-state index in [1.54, 1.807) is 0 Å². The first kappa shape index (κ1) is 12.1. The third-order valence-corrected chi connectivity index (χ3v) is 2.51. The van der Waals surface area contributed by atoms with Gasteiger partial charge in [0.15, 0.2) is 0 Å². The Balaban J connectivity index is 2.49. The van der Waals surface area contributed by atoms with Crippen molar-refractivity contribution in [2.24, 2.45) is 11.7 Å². The highest BCUT2D eigenvalue weighted by Crippen LogP contribution is 2.09. The molecule has 0 radical (unpaired) electrons. The topological polar surface area (TPSA) is 38.0 Å². The molecule has 0 heterocycles. The molecule has 15 heavy (non-hydrogen) atoms. The summed E-state index contributed by atoms with van der Waals surface area (Å²) in [7, 11) is 0. The summed E-state index contributed by atoms with van der Waals surface area (Å²) in [5, 5.41) is 3.15. The summed E-state index contributed by atoms with van der Waals surface area (Å²) >= 11 is 5.24. The normalized spacial score (nSPS) is 12.5. The molecule has 1 unspecified atom stereocenters. The number of rotatable bonds is 4. The van der Waals surface area contributed by atoms with Gasteiger partial charge < -0.3 is 11.1 Å². The number of hydrogen-bond donors (Lipinski definition) is 2. The SMILES string of the molecule is CC(C)CC(N)C(=S)Nc1ccccc1. The van der Waals surface area contributed by atoms with Crippen molar-refractivity contribution in [3.8, 4) is 0 Å². The second-order valence-electron chi connectivity index (χ2n) is 4.09. The second kappa shape index (κ2) is 5.83. The molecule has 1 rings (SSSR count). The molecule has 0 aliphatic heterocycles. The molecule has 1 atom stereocenters. The van der Waals surface area contributed by atoms with Gasteiger partial charge in [-0.05, 0) is 24.5 Å². The average molecular weight is 222 g/mol. The van der Waals surface area contributed by atoms with Crippen LogP contribution in [-0.4, -0.2) is 11.0 Å². The van der Waals surface area contributed by atoms with Gasteiger partial charge in [-0.25, -0.2) is 0 Å². The minimum absolute atomic E-state index is 0.0554. The van der Waals surface area contributed by atoms with Crippen LogP contribution in [0.1, 0.15) is 20.3 Å². The van der Waals surface area contributed by atoms with Crippen LogP contribution in [0.5, 0.6) is 0 Å². The van der Waals surface area contributed by atoms with Gasteiger partial charge in [-0.3, -0.25) is 0 Å². The molecule has 2 nitrogen and oxygen atoms in total. The van der Waals surface area contributed by atoms with E-state index in [4.69, 9.17) is 18.0 Å². The highest BCUT2D eigenvalue weighted by Gasteiger charge is 2.10. The van der Waals surface area contributed by atoms with Crippen LogP contribution in [0.3, 0.4) is 0 Å². The van der Waals surface area contributed by atoms with E-state index in [2.05, 4.69) is 19.2 Å². The van der Waals surface area contributed by atoms with E-state index < -0.39 is 0 Å². The molecule has 0 spiro atoms. The lowest BCUT2D eigenvalue weighted by atomic mass is 10.0. The monoisotopic (exact) mass is 222 g/mol. The lowest BCUT2D eigenvalue weighted by Gasteiger charge is -2.16. The van der Waals surface area contributed by atoms with Crippen LogP contribution in [0, 0.1) is 5.92 Å². The molecule has 0 saturated heterocycles. The second-order valence-corrected chi connectivity index (χ2v) is 4.53. The Morgan fingerprint density at radius 3 is 2.47 bits per heavy atom. The molecule has 3 N–H and O–H groups in total. The lowest BCUT2D eigenvalue weighted by molar-refractivity contribution is 0.562. The predicted octanol–water partition coefficient (Wildman–Crippen LogP) is 2.80. The first-order valence-electron chi connectivity index (χ1n) is 5.21. The predicted molar refractivity (Wildman–Crippen MR) is 70.1 cm³/mol. The Hall–Kier alpha value is -0.930. The number of hydrogen-bond acceptors (Lipinski definition) is 2. The van der Waals surface area contributed by atoms with Gasteiger partial charge in [0.2, 0.25) is 0 Å². The fraction of sp³-hybridized carbons (Fsp3) is 0.417. The van der Waals surface area contributed by atoms with Crippen LogP contribution >= 0.6 is 12.2 Å². The lowest BCUT2D eigenvalue weighted by Crippen LogP contribution is -2.35. The quantitative estimate of drug-likeness (QED) is 0.769. The number of para-hydroxylation sites is 1. The Morgan fingerprint density at radius 2 is 1.93 bits per heavy atom. The van der Waals surface area contributed by atoms with E-state index in [0.717, 1.165) is 17.1 Å². The van der Waals surface area contributed by atoms with E-state index in [-0.39, 0.29) is 6.04 Å².